The molecule has 0 aliphatic carbocycles. The number of piperidine rings is 1. The summed E-state index contributed by atoms with van der Waals surface area (Å²) in [5.74, 6) is 2.72. The van der Waals surface area contributed by atoms with E-state index in [2.05, 4.69) is 54.6 Å². The van der Waals surface area contributed by atoms with Gasteiger partial charge in [-0.3, -0.25) is 4.99 Å². The molecule has 1 aliphatic rings. The quantitative estimate of drug-likeness (QED) is 0.458. The van der Waals surface area contributed by atoms with E-state index in [-0.39, 0.29) is 0 Å². The van der Waals surface area contributed by atoms with Crippen molar-refractivity contribution in [2.75, 3.05) is 39.5 Å². The number of benzene rings is 1. The van der Waals surface area contributed by atoms with Crippen molar-refractivity contribution in [1.82, 2.24) is 14.9 Å². The summed E-state index contributed by atoms with van der Waals surface area (Å²) in [5.41, 5.74) is 2.29. The van der Waals surface area contributed by atoms with E-state index in [0.717, 1.165) is 43.1 Å². The minimum atomic E-state index is -3.08. The SMILES string of the molecule is CN=C(NCc1ccc(C)cc1OCCC(C)C)NCC1CCN(S(C)(=O)=O)CC1. The standard InChI is InChI=1S/C22H38N4O3S/c1-17(2)10-13-29-21-14-18(3)6-7-20(21)16-25-22(23-4)24-15-19-8-11-26(12-9-19)30(5,27)28/h6-7,14,17,19H,8-13,15-16H2,1-5H3,(H2,23,24,25). The number of guanidine groups is 1. The molecule has 0 atom stereocenters. The van der Waals surface area contributed by atoms with Crippen molar-refractivity contribution in [3.05, 3.63) is 29.3 Å². The summed E-state index contributed by atoms with van der Waals surface area (Å²) >= 11 is 0. The van der Waals surface area contributed by atoms with Crippen LogP contribution in [0.3, 0.4) is 0 Å². The third-order valence-electron chi connectivity index (χ3n) is 5.45. The number of sulfonamides is 1. The number of aryl methyl sites for hydroxylation is 1. The van der Waals surface area contributed by atoms with Crippen LogP contribution in [0, 0.1) is 18.8 Å². The third kappa shape index (κ3) is 8.14. The Labute approximate surface area is 182 Å². The van der Waals surface area contributed by atoms with Gasteiger partial charge in [0.25, 0.3) is 0 Å². The highest BCUT2D eigenvalue weighted by Crippen LogP contribution is 2.21. The Morgan fingerprint density at radius 2 is 1.97 bits per heavy atom. The van der Waals surface area contributed by atoms with Gasteiger partial charge < -0.3 is 15.4 Å². The molecule has 0 spiro atoms. The molecule has 0 saturated carbocycles. The van der Waals surface area contributed by atoms with Crippen molar-refractivity contribution in [2.45, 2.75) is 46.6 Å². The number of rotatable bonds is 9. The van der Waals surface area contributed by atoms with Crippen LogP contribution in [0.25, 0.3) is 0 Å². The number of nitrogens with zero attached hydrogens (tertiary/aromatic N) is 2. The van der Waals surface area contributed by atoms with Gasteiger partial charge >= 0.3 is 0 Å². The summed E-state index contributed by atoms with van der Waals surface area (Å²) in [5, 5.41) is 6.75. The Morgan fingerprint density at radius 1 is 1.27 bits per heavy atom. The smallest absolute Gasteiger partial charge is 0.211 e. The molecule has 30 heavy (non-hydrogen) atoms. The summed E-state index contributed by atoms with van der Waals surface area (Å²) in [7, 11) is -1.32. The molecule has 1 heterocycles. The lowest BCUT2D eigenvalue weighted by Gasteiger charge is -2.30. The summed E-state index contributed by atoms with van der Waals surface area (Å²) in [6, 6.07) is 6.28. The van der Waals surface area contributed by atoms with Gasteiger partial charge in [0.2, 0.25) is 10.0 Å². The Kier molecular flexibility index (Phi) is 9.42. The summed E-state index contributed by atoms with van der Waals surface area (Å²) < 4.78 is 30.9. The molecule has 0 radical (unpaired) electrons. The Bertz CT molecular complexity index is 801. The Hall–Kier alpha value is -1.80. The van der Waals surface area contributed by atoms with Crippen molar-refractivity contribution >= 4 is 16.0 Å². The van der Waals surface area contributed by atoms with Crippen molar-refractivity contribution in [1.29, 1.82) is 0 Å². The van der Waals surface area contributed by atoms with E-state index in [1.54, 1.807) is 11.4 Å². The molecule has 0 unspecified atom stereocenters. The monoisotopic (exact) mass is 438 g/mol. The topological polar surface area (TPSA) is 83.0 Å². The fourth-order valence-electron chi connectivity index (χ4n) is 3.43. The number of hydrogen-bond donors (Lipinski definition) is 2. The second-order valence-electron chi connectivity index (χ2n) is 8.55. The highest BCUT2D eigenvalue weighted by atomic mass is 32.2. The van der Waals surface area contributed by atoms with Crippen LogP contribution in [0.1, 0.15) is 44.2 Å². The first-order valence-corrected chi connectivity index (χ1v) is 12.7. The normalized spacial score (nSPS) is 16.7. The average Bonchev–Trinajstić information content (AvgIpc) is 2.68. The summed E-state index contributed by atoms with van der Waals surface area (Å²) in [6.45, 7) is 9.78. The van der Waals surface area contributed by atoms with Crippen LogP contribution in [-0.2, 0) is 16.6 Å². The van der Waals surface area contributed by atoms with Crippen molar-refractivity contribution in [3.63, 3.8) is 0 Å². The van der Waals surface area contributed by atoms with E-state index in [4.69, 9.17) is 4.74 Å². The molecule has 1 aromatic carbocycles. The largest absolute Gasteiger partial charge is 0.493 e. The zero-order valence-corrected chi connectivity index (χ0v) is 19.9. The molecule has 7 nitrogen and oxygen atoms in total. The van der Waals surface area contributed by atoms with Crippen LogP contribution < -0.4 is 15.4 Å². The highest BCUT2D eigenvalue weighted by Gasteiger charge is 2.24. The minimum absolute atomic E-state index is 0.441. The predicted molar refractivity (Wildman–Crippen MR) is 123 cm³/mol. The van der Waals surface area contributed by atoms with Gasteiger partial charge in [-0.25, -0.2) is 12.7 Å². The lowest BCUT2D eigenvalue weighted by Crippen LogP contribution is -2.43. The molecule has 0 aromatic heterocycles. The van der Waals surface area contributed by atoms with Gasteiger partial charge in [-0.15, -0.1) is 0 Å². The summed E-state index contributed by atoms with van der Waals surface area (Å²) in [6.07, 6.45) is 4.04. The molecule has 1 aliphatic heterocycles. The first-order valence-electron chi connectivity index (χ1n) is 10.8. The Morgan fingerprint density at radius 3 is 2.57 bits per heavy atom. The molecule has 170 valence electrons. The second kappa shape index (κ2) is 11.6. The molecule has 1 fully saturated rings. The molecular formula is C22H38N4O3S. The molecule has 1 saturated heterocycles. The van der Waals surface area contributed by atoms with Gasteiger partial charge in [0.1, 0.15) is 5.75 Å². The minimum Gasteiger partial charge on any atom is -0.493 e. The number of ether oxygens (including phenoxy) is 1. The summed E-state index contributed by atoms with van der Waals surface area (Å²) in [4.78, 5) is 4.32. The predicted octanol–water partition coefficient (Wildman–Crippen LogP) is 2.76. The molecule has 8 heteroatoms. The van der Waals surface area contributed by atoms with Crippen LogP contribution in [0.4, 0.5) is 0 Å². The first-order chi connectivity index (χ1) is 14.2. The van der Waals surface area contributed by atoms with Gasteiger partial charge in [0.15, 0.2) is 5.96 Å². The molecule has 2 rings (SSSR count). The van der Waals surface area contributed by atoms with Crippen LogP contribution in [0.2, 0.25) is 0 Å². The van der Waals surface area contributed by atoms with Crippen LogP contribution in [0.5, 0.6) is 5.75 Å². The molecule has 1 aromatic rings. The van der Waals surface area contributed by atoms with Crippen molar-refractivity contribution in [2.24, 2.45) is 16.8 Å². The van der Waals surface area contributed by atoms with Gasteiger partial charge in [-0.05, 0) is 49.7 Å². The van der Waals surface area contributed by atoms with E-state index in [1.165, 1.54) is 11.8 Å². The van der Waals surface area contributed by atoms with E-state index in [0.29, 0.717) is 38.1 Å². The Balaban J connectivity index is 1.83. The van der Waals surface area contributed by atoms with E-state index in [1.807, 2.05) is 0 Å². The van der Waals surface area contributed by atoms with E-state index < -0.39 is 10.0 Å². The zero-order chi connectivity index (χ0) is 22.1. The molecule has 2 N–H and O–H groups in total. The number of aliphatic imine (C=N–C) groups is 1. The zero-order valence-electron chi connectivity index (χ0n) is 19.1. The van der Waals surface area contributed by atoms with Crippen LogP contribution >= 0.6 is 0 Å². The van der Waals surface area contributed by atoms with Crippen molar-refractivity contribution < 1.29 is 13.2 Å². The number of nitrogens with one attached hydrogen (secondary N) is 2. The lowest BCUT2D eigenvalue weighted by atomic mass is 9.98. The maximum absolute atomic E-state index is 11.6. The van der Waals surface area contributed by atoms with Gasteiger partial charge in [-0.2, -0.15) is 0 Å². The second-order valence-corrected chi connectivity index (χ2v) is 10.5. The lowest BCUT2D eigenvalue weighted by molar-refractivity contribution is 0.274. The maximum atomic E-state index is 11.6. The first kappa shape index (κ1) is 24.5. The van der Waals surface area contributed by atoms with Gasteiger partial charge in [0, 0.05) is 38.8 Å². The van der Waals surface area contributed by atoms with Crippen LogP contribution in [-0.4, -0.2) is 58.2 Å². The fourth-order valence-corrected chi connectivity index (χ4v) is 4.31. The van der Waals surface area contributed by atoms with E-state index >= 15 is 0 Å². The van der Waals surface area contributed by atoms with E-state index in [9.17, 15) is 8.42 Å². The third-order valence-corrected chi connectivity index (χ3v) is 6.75. The molecule has 0 bridgehead atoms. The van der Waals surface area contributed by atoms with Crippen LogP contribution in [0.15, 0.2) is 23.2 Å². The average molecular weight is 439 g/mol. The fraction of sp³-hybridized carbons (Fsp3) is 0.682. The molecular weight excluding hydrogens is 400 g/mol. The maximum Gasteiger partial charge on any atom is 0.211 e. The van der Waals surface area contributed by atoms with Gasteiger partial charge in [-0.1, -0.05) is 26.0 Å². The van der Waals surface area contributed by atoms with Gasteiger partial charge in [0.05, 0.1) is 12.9 Å². The number of hydrogen-bond acceptors (Lipinski definition) is 4. The molecule has 0 amide bonds. The highest BCUT2D eigenvalue weighted by molar-refractivity contribution is 7.88. The van der Waals surface area contributed by atoms with Crippen molar-refractivity contribution in [3.8, 4) is 5.75 Å².